The Kier molecular flexibility index (Phi) is 5.80. The van der Waals surface area contributed by atoms with Crippen LogP contribution in [0.2, 0.25) is 0 Å². The lowest BCUT2D eigenvalue weighted by Crippen LogP contribution is -2.65. The molecule has 5 heterocycles. The Morgan fingerprint density at radius 2 is 2.00 bits per heavy atom. The maximum atomic E-state index is 13.7. The van der Waals surface area contributed by atoms with Crippen LogP contribution >= 0.6 is 0 Å². The molecule has 0 aliphatic carbocycles. The molecular formula is C20H35FN8O. The average Bonchev–Trinajstić information content (AvgIpc) is 3.30. The van der Waals surface area contributed by atoms with E-state index in [-0.39, 0.29) is 18.5 Å². The third-order valence-electron chi connectivity index (χ3n) is 7.61. The highest BCUT2D eigenvalue weighted by Gasteiger charge is 2.47. The summed E-state index contributed by atoms with van der Waals surface area (Å²) in [6, 6.07) is 1.08. The summed E-state index contributed by atoms with van der Waals surface area (Å²) in [5.41, 5.74) is 9.25. The second-order valence-electron chi connectivity index (χ2n) is 9.62. The monoisotopic (exact) mass is 422 g/mol. The number of hydrogen-bond acceptors (Lipinski definition) is 8. The van der Waals surface area contributed by atoms with Gasteiger partial charge in [0.25, 0.3) is 0 Å². The second-order valence-corrected chi connectivity index (χ2v) is 9.62. The minimum absolute atomic E-state index is 0.0620. The van der Waals surface area contributed by atoms with Crippen molar-refractivity contribution in [2.45, 2.75) is 55.9 Å². The summed E-state index contributed by atoms with van der Waals surface area (Å²) < 4.78 is 13.7. The Bertz CT molecular complexity index is 679. The molecule has 0 saturated carbocycles. The van der Waals surface area contributed by atoms with Gasteiger partial charge in [-0.2, -0.15) is 0 Å². The summed E-state index contributed by atoms with van der Waals surface area (Å²) in [5.74, 6) is -0.602. The number of piperidine rings is 1. The van der Waals surface area contributed by atoms with Crippen LogP contribution in [0.1, 0.15) is 19.3 Å². The van der Waals surface area contributed by atoms with Crippen molar-refractivity contribution >= 4 is 12.1 Å². The van der Waals surface area contributed by atoms with Crippen molar-refractivity contribution in [3.05, 3.63) is 0 Å². The molecule has 30 heavy (non-hydrogen) atoms. The van der Waals surface area contributed by atoms with Gasteiger partial charge in [-0.25, -0.2) is 14.8 Å². The normalized spacial score (nSPS) is 43.5. The SMILES string of the molecule is CN1CCC(N2CCN3CCC[C@H]3C2)C(NC(=O)C2C(N)NN3CC(F)C=NC23)C1. The molecule has 0 bridgehead atoms. The number of piperazine rings is 1. The molecule has 0 aromatic heterocycles. The summed E-state index contributed by atoms with van der Waals surface area (Å²) >= 11 is 0. The van der Waals surface area contributed by atoms with Crippen molar-refractivity contribution in [3.63, 3.8) is 0 Å². The Hall–Kier alpha value is -1.17. The topological polar surface area (TPSA) is 92.5 Å². The first-order valence-corrected chi connectivity index (χ1v) is 11.4. The highest BCUT2D eigenvalue weighted by Crippen LogP contribution is 2.28. The number of nitrogens with one attached hydrogen (secondary N) is 2. The van der Waals surface area contributed by atoms with Gasteiger partial charge in [-0.1, -0.05) is 0 Å². The van der Waals surface area contributed by atoms with Gasteiger partial charge in [0.1, 0.15) is 18.3 Å². The lowest BCUT2D eigenvalue weighted by atomic mass is 9.94. The molecule has 5 rings (SSSR count). The Morgan fingerprint density at radius 3 is 2.87 bits per heavy atom. The number of likely N-dealkylation sites (N-methyl/N-ethyl adjacent to an activating group) is 1. The molecule has 10 heteroatoms. The summed E-state index contributed by atoms with van der Waals surface area (Å²) in [5, 5.41) is 4.99. The summed E-state index contributed by atoms with van der Waals surface area (Å²) in [4.78, 5) is 25.1. The molecule has 168 valence electrons. The number of nitrogens with zero attached hydrogens (tertiary/aromatic N) is 5. The van der Waals surface area contributed by atoms with Gasteiger partial charge in [-0.3, -0.25) is 19.6 Å². The lowest BCUT2D eigenvalue weighted by Gasteiger charge is -2.47. The van der Waals surface area contributed by atoms with Crippen molar-refractivity contribution in [1.29, 1.82) is 0 Å². The highest BCUT2D eigenvalue weighted by molar-refractivity contribution is 5.81. The van der Waals surface area contributed by atoms with Gasteiger partial charge in [0.15, 0.2) is 0 Å². The highest BCUT2D eigenvalue weighted by atomic mass is 19.1. The molecule has 4 saturated heterocycles. The minimum Gasteiger partial charge on any atom is -0.350 e. The van der Waals surface area contributed by atoms with Crippen LogP contribution < -0.4 is 16.5 Å². The Morgan fingerprint density at radius 1 is 1.17 bits per heavy atom. The zero-order chi connectivity index (χ0) is 20.8. The molecule has 0 aromatic rings. The third-order valence-corrected chi connectivity index (χ3v) is 7.61. The van der Waals surface area contributed by atoms with E-state index in [9.17, 15) is 9.18 Å². The maximum absolute atomic E-state index is 13.7. The predicted octanol–water partition coefficient (Wildman–Crippen LogP) is -1.57. The van der Waals surface area contributed by atoms with Gasteiger partial charge in [0.05, 0.1) is 18.8 Å². The van der Waals surface area contributed by atoms with E-state index < -0.39 is 24.4 Å². The van der Waals surface area contributed by atoms with Crippen molar-refractivity contribution in [1.82, 2.24) is 30.5 Å². The Balaban J connectivity index is 1.28. The number of hydrazine groups is 1. The van der Waals surface area contributed by atoms with Crippen LogP contribution in [0.4, 0.5) is 4.39 Å². The van der Waals surface area contributed by atoms with Crippen molar-refractivity contribution in [2.75, 3.05) is 52.9 Å². The van der Waals surface area contributed by atoms with E-state index in [1.54, 1.807) is 5.01 Å². The zero-order valence-electron chi connectivity index (χ0n) is 17.8. The maximum Gasteiger partial charge on any atom is 0.230 e. The van der Waals surface area contributed by atoms with E-state index in [0.29, 0.717) is 12.1 Å². The van der Waals surface area contributed by atoms with E-state index in [4.69, 9.17) is 5.73 Å². The number of rotatable bonds is 3. The van der Waals surface area contributed by atoms with Gasteiger partial charge >= 0.3 is 0 Å². The first-order valence-electron chi connectivity index (χ1n) is 11.4. The van der Waals surface area contributed by atoms with Crippen LogP contribution in [0.25, 0.3) is 0 Å². The van der Waals surface area contributed by atoms with E-state index >= 15 is 0 Å². The van der Waals surface area contributed by atoms with Gasteiger partial charge in [0.2, 0.25) is 5.91 Å². The van der Waals surface area contributed by atoms with E-state index in [1.165, 1.54) is 25.6 Å². The van der Waals surface area contributed by atoms with Crippen molar-refractivity contribution < 1.29 is 9.18 Å². The van der Waals surface area contributed by atoms with Gasteiger partial charge in [0, 0.05) is 44.5 Å². The summed E-state index contributed by atoms with van der Waals surface area (Å²) in [6.07, 6.45) is 2.83. The van der Waals surface area contributed by atoms with Crippen LogP contribution in [0, 0.1) is 5.92 Å². The lowest BCUT2D eigenvalue weighted by molar-refractivity contribution is -0.128. The number of likely N-dealkylation sites (tertiary alicyclic amines) is 1. The van der Waals surface area contributed by atoms with Gasteiger partial charge in [-0.05, 0) is 39.4 Å². The van der Waals surface area contributed by atoms with Crippen molar-refractivity contribution in [3.8, 4) is 0 Å². The molecule has 0 radical (unpaired) electrons. The zero-order valence-corrected chi connectivity index (χ0v) is 17.8. The van der Waals surface area contributed by atoms with Gasteiger partial charge < -0.3 is 16.0 Å². The van der Waals surface area contributed by atoms with Crippen molar-refractivity contribution in [2.24, 2.45) is 16.6 Å². The minimum atomic E-state index is -1.13. The number of alkyl halides is 1. The molecular weight excluding hydrogens is 387 g/mol. The molecule has 7 atom stereocenters. The fourth-order valence-corrected chi connectivity index (χ4v) is 6.05. The predicted molar refractivity (Wildman–Crippen MR) is 112 cm³/mol. The van der Waals surface area contributed by atoms with E-state index in [1.807, 2.05) is 0 Å². The first-order chi connectivity index (χ1) is 14.5. The number of halogens is 1. The van der Waals surface area contributed by atoms with E-state index in [0.717, 1.165) is 39.1 Å². The van der Waals surface area contributed by atoms with Crippen LogP contribution in [-0.2, 0) is 4.79 Å². The van der Waals surface area contributed by atoms with Gasteiger partial charge in [-0.15, -0.1) is 0 Å². The molecule has 0 aromatic carbocycles. The number of amides is 1. The standard InChI is InChI=1S/C20H35FN8O/c1-26-6-4-16(28-8-7-27-5-2-3-14(27)11-28)15(12-26)24-20(30)17-18(22)25-29-10-13(21)9-23-19(17)29/h9,13-19,25H,2-8,10-12,22H2,1H3,(H,24,30)/t13?,14-,15?,16?,17?,18?,19?/m0/s1. The molecule has 0 spiro atoms. The first kappa shape index (κ1) is 20.7. The van der Waals surface area contributed by atoms with E-state index in [2.05, 4.69) is 37.5 Å². The fourth-order valence-electron chi connectivity index (χ4n) is 6.05. The average molecular weight is 423 g/mol. The molecule has 4 N–H and O–H groups in total. The van der Waals surface area contributed by atoms with Crippen LogP contribution in [-0.4, -0.2) is 121 Å². The number of carbonyl (C=O) groups is 1. The molecule has 4 fully saturated rings. The molecule has 6 unspecified atom stereocenters. The molecule has 5 aliphatic heterocycles. The Labute approximate surface area is 177 Å². The number of nitrogens with two attached hydrogens (primary N) is 1. The molecule has 5 aliphatic rings. The smallest absolute Gasteiger partial charge is 0.230 e. The second kappa shape index (κ2) is 8.40. The summed E-state index contributed by atoms with van der Waals surface area (Å²) in [7, 11) is 2.11. The number of aliphatic imine (C=N–C) groups is 1. The van der Waals surface area contributed by atoms with Crippen LogP contribution in [0.3, 0.4) is 0 Å². The number of carbonyl (C=O) groups excluding carboxylic acids is 1. The molecule has 1 amide bonds. The van der Waals surface area contributed by atoms with Crippen LogP contribution in [0.15, 0.2) is 4.99 Å². The quantitative estimate of drug-likeness (QED) is 0.506. The number of hydrogen-bond donors (Lipinski definition) is 3. The fraction of sp³-hybridized carbons (Fsp3) is 0.900. The third kappa shape index (κ3) is 3.89. The van der Waals surface area contributed by atoms with Crippen LogP contribution in [0.5, 0.6) is 0 Å². The summed E-state index contributed by atoms with van der Waals surface area (Å²) in [6.45, 7) is 6.59. The molecule has 9 nitrogen and oxygen atoms in total. The largest absolute Gasteiger partial charge is 0.350 e. The number of fused-ring (bicyclic) bond motifs is 2.